The van der Waals surface area contributed by atoms with Crippen LogP contribution in [-0.4, -0.2) is 23.9 Å². The third-order valence-corrected chi connectivity index (χ3v) is 3.30. The number of rotatable bonds is 5. The minimum atomic E-state index is -0.816. The molecule has 0 amide bonds. The minimum absolute atomic E-state index is 0.00175. The van der Waals surface area contributed by atoms with Crippen LogP contribution in [0.15, 0.2) is 42.5 Å². The van der Waals surface area contributed by atoms with Crippen LogP contribution in [-0.2, 0) is 6.42 Å². The van der Waals surface area contributed by atoms with Crippen molar-refractivity contribution in [2.45, 2.75) is 12.5 Å². The summed E-state index contributed by atoms with van der Waals surface area (Å²) in [6.45, 7) is -0.00175. The number of nitrogens with two attached hydrogens (primary N) is 1. The van der Waals surface area contributed by atoms with Crippen LogP contribution in [0.2, 0.25) is 0 Å². The van der Waals surface area contributed by atoms with Gasteiger partial charge in [-0.05, 0) is 29.7 Å². The van der Waals surface area contributed by atoms with E-state index < -0.39 is 6.10 Å². The summed E-state index contributed by atoms with van der Waals surface area (Å²) in [4.78, 5) is 0. The second-order valence-electron chi connectivity index (χ2n) is 4.58. The van der Waals surface area contributed by atoms with Crippen LogP contribution in [0, 0.1) is 0 Å². The molecule has 1 unspecified atom stereocenters. The quantitative estimate of drug-likeness (QED) is 0.727. The summed E-state index contributed by atoms with van der Waals surface area (Å²) >= 11 is 0. The molecule has 106 valence electrons. The average Bonchev–Trinajstić information content (AvgIpc) is 2.49. The van der Waals surface area contributed by atoms with E-state index in [4.69, 9.17) is 15.6 Å². The van der Waals surface area contributed by atoms with Crippen molar-refractivity contribution in [1.29, 1.82) is 0 Å². The average molecular weight is 273 g/mol. The van der Waals surface area contributed by atoms with Gasteiger partial charge < -0.3 is 20.7 Å². The lowest BCUT2D eigenvalue weighted by Crippen LogP contribution is -2.08. The highest BCUT2D eigenvalue weighted by Crippen LogP contribution is 2.33. The zero-order chi connectivity index (χ0) is 14.5. The molecule has 4 heteroatoms. The van der Waals surface area contributed by atoms with E-state index in [9.17, 15) is 5.11 Å². The van der Waals surface area contributed by atoms with E-state index in [1.807, 2.05) is 30.3 Å². The first kappa shape index (κ1) is 14.4. The lowest BCUT2D eigenvalue weighted by Gasteiger charge is -2.18. The molecule has 0 saturated carbocycles. The number of anilines is 1. The van der Waals surface area contributed by atoms with Crippen LogP contribution in [0.1, 0.15) is 22.8 Å². The number of nitrogen functional groups attached to an aromatic ring is 1. The molecule has 2 rings (SSSR count). The smallest absolute Gasteiger partial charge is 0.119 e. The van der Waals surface area contributed by atoms with Gasteiger partial charge in [-0.25, -0.2) is 0 Å². The highest BCUT2D eigenvalue weighted by atomic mass is 16.5. The molecule has 0 aliphatic rings. The SMILES string of the molecule is COc1cc(CCO)c(N)c(C(O)c2ccccc2)c1. The lowest BCUT2D eigenvalue weighted by atomic mass is 9.96. The Hall–Kier alpha value is -2.04. The summed E-state index contributed by atoms with van der Waals surface area (Å²) in [6, 6.07) is 12.8. The monoisotopic (exact) mass is 273 g/mol. The highest BCUT2D eigenvalue weighted by molar-refractivity contribution is 5.59. The third kappa shape index (κ3) is 2.92. The Labute approximate surface area is 118 Å². The molecular weight excluding hydrogens is 254 g/mol. The zero-order valence-electron chi connectivity index (χ0n) is 11.4. The van der Waals surface area contributed by atoms with E-state index in [1.54, 1.807) is 19.2 Å². The van der Waals surface area contributed by atoms with Crippen molar-refractivity contribution >= 4 is 5.69 Å². The van der Waals surface area contributed by atoms with Crippen molar-refractivity contribution in [3.05, 3.63) is 59.2 Å². The summed E-state index contributed by atoms with van der Waals surface area (Å²) in [5.41, 5.74) is 8.74. The van der Waals surface area contributed by atoms with Crippen LogP contribution in [0.5, 0.6) is 5.75 Å². The van der Waals surface area contributed by atoms with E-state index in [2.05, 4.69) is 0 Å². The van der Waals surface area contributed by atoms with Gasteiger partial charge in [-0.2, -0.15) is 0 Å². The van der Waals surface area contributed by atoms with Gasteiger partial charge in [-0.15, -0.1) is 0 Å². The molecular formula is C16H19NO3. The maximum Gasteiger partial charge on any atom is 0.119 e. The maximum atomic E-state index is 10.5. The van der Waals surface area contributed by atoms with E-state index in [0.717, 1.165) is 11.1 Å². The van der Waals surface area contributed by atoms with Gasteiger partial charge in [0.1, 0.15) is 11.9 Å². The molecule has 20 heavy (non-hydrogen) atoms. The molecule has 0 aromatic heterocycles. The van der Waals surface area contributed by atoms with Gasteiger partial charge in [0.25, 0.3) is 0 Å². The third-order valence-electron chi connectivity index (χ3n) is 3.30. The van der Waals surface area contributed by atoms with Crippen LogP contribution in [0.3, 0.4) is 0 Å². The van der Waals surface area contributed by atoms with E-state index in [0.29, 0.717) is 23.4 Å². The predicted octanol–water partition coefficient (Wildman–Crippen LogP) is 1.89. The first-order valence-electron chi connectivity index (χ1n) is 6.47. The van der Waals surface area contributed by atoms with E-state index in [1.165, 1.54) is 0 Å². The summed E-state index contributed by atoms with van der Waals surface area (Å²) in [5, 5.41) is 19.6. The van der Waals surface area contributed by atoms with Crippen molar-refractivity contribution in [2.24, 2.45) is 0 Å². The van der Waals surface area contributed by atoms with Gasteiger partial charge in [0, 0.05) is 17.9 Å². The number of aliphatic hydroxyl groups excluding tert-OH is 2. The number of aliphatic hydroxyl groups is 2. The Bertz CT molecular complexity index is 569. The van der Waals surface area contributed by atoms with Crippen LogP contribution in [0.25, 0.3) is 0 Å². The van der Waals surface area contributed by atoms with Gasteiger partial charge in [0.15, 0.2) is 0 Å². The van der Waals surface area contributed by atoms with E-state index >= 15 is 0 Å². The van der Waals surface area contributed by atoms with Crippen molar-refractivity contribution in [2.75, 3.05) is 19.5 Å². The molecule has 0 aliphatic heterocycles. The topological polar surface area (TPSA) is 75.7 Å². The molecule has 4 N–H and O–H groups in total. The van der Waals surface area contributed by atoms with Crippen molar-refractivity contribution in [3.8, 4) is 5.75 Å². The molecule has 4 nitrogen and oxygen atoms in total. The molecule has 0 saturated heterocycles. The number of benzene rings is 2. The van der Waals surface area contributed by atoms with Crippen LogP contribution >= 0.6 is 0 Å². The fraction of sp³-hybridized carbons (Fsp3) is 0.250. The van der Waals surface area contributed by atoms with Crippen molar-refractivity contribution < 1.29 is 14.9 Å². The largest absolute Gasteiger partial charge is 0.497 e. The molecule has 1 atom stereocenters. The number of ether oxygens (including phenoxy) is 1. The molecule has 0 spiro atoms. The Morgan fingerprint density at radius 3 is 2.50 bits per heavy atom. The van der Waals surface area contributed by atoms with Gasteiger partial charge in [0.05, 0.1) is 7.11 Å². The Morgan fingerprint density at radius 2 is 1.90 bits per heavy atom. The molecule has 0 radical (unpaired) electrons. The summed E-state index contributed by atoms with van der Waals surface area (Å²) in [7, 11) is 1.56. The van der Waals surface area contributed by atoms with Gasteiger partial charge in [-0.3, -0.25) is 0 Å². The van der Waals surface area contributed by atoms with E-state index in [-0.39, 0.29) is 6.61 Å². The number of methoxy groups -OCH3 is 1. The summed E-state index contributed by atoms with van der Waals surface area (Å²) in [5.74, 6) is 0.618. The second kappa shape index (κ2) is 6.41. The first-order chi connectivity index (χ1) is 9.67. The second-order valence-corrected chi connectivity index (χ2v) is 4.58. The molecule has 0 fully saturated rings. The normalized spacial score (nSPS) is 12.2. The van der Waals surface area contributed by atoms with Gasteiger partial charge >= 0.3 is 0 Å². The van der Waals surface area contributed by atoms with Gasteiger partial charge in [0.2, 0.25) is 0 Å². The minimum Gasteiger partial charge on any atom is -0.497 e. The fourth-order valence-electron chi connectivity index (χ4n) is 2.19. The molecule has 0 heterocycles. The van der Waals surface area contributed by atoms with Crippen molar-refractivity contribution in [1.82, 2.24) is 0 Å². The molecule has 0 bridgehead atoms. The maximum absolute atomic E-state index is 10.5. The van der Waals surface area contributed by atoms with Crippen LogP contribution < -0.4 is 10.5 Å². The molecule has 2 aromatic rings. The van der Waals surface area contributed by atoms with Crippen LogP contribution in [0.4, 0.5) is 5.69 Å². The van der Waals surface area contributed by atoms with Crippen molar-refractivity contribution in [3.63, 3.8) is 0 Å². The first-order valence-corrected chi connectivity index (χ1v) is 6.47. The Morgan fingerprint density at radius 1 is 1.20 bits per heavy atom. The number of hydrogen-bond donors (Lipinski definition) is 3. The standard InChI is InChI=1S/C16H19NO3/c1-20-13-9-12(7-8-18)15(17)14(10-13)16(19)11-5-3-2-4-6-11/h2-6,9-10,16,18-19H,7-8,17H2,1H3. The Kier molecular flexibility index (Phi) is 4.61. The zero-order valence-corrected chi connectivity index (χ0v) is 11.4. The summed E-state index contributed by atoms with van der Waals surface area (Å²) < 4.78 is 5.23. The molecule has 2 aromatic carbocycles. The number of hydrogen-bond acceptors (Lipinski definition) is 4. The van der Waals surface area contributed by atoms with Gasteiger partial charge in [-0.1, -0.05) is 30.3 Å². The molecule has 0 aliphatic carbocycles. The fourth-order valence-corrected chi connectivity index (χ4v) is 2.19. The predicted molar refractivity (Wildman–Crippen MR) is 78.7 cm³/mol. The lowest BCUT2D eigenvalue weighted by molar-refractivity contribution is 0.220. The Balaban J connectivity index is 2.47. The summed E-state index contributed by atoms with van der Waals surface area (Å²) in [6.07, 6.45) is -0.388. The highest BCUT2D eigenvalue weighted by Gasteiger charge is 2.17.